The molecule has 0 saturated carbocycles. The van der Waals surface area contributed by atoms with Gasteiger partial charge in [-0.25, -0.2) is 0 Å². The van der Waals surface area contributed by atoms with Crippen LogP contribution < -0.4 is 15.5 Å². The molecule has 0 bridgehead atoms. The van der Waals surface area contributed by atoms with Crippen molar-refractivity contribution in [2.24, 2.45) is 0 Å². The minimum atomic E-state index is 0.564. The fourth-order valence-corrected chi connectivity index (χ4v) is 2.23. The fraction of sp³-hybridized carbons (Fsp3) is 0.500. The third kappa shape index (κ3) is 3.53. The average Bonchev–Trinajstić information content (AvgIpc) is 2.99. The largest absolute Gasteiger partial charge is 0.357 e. The van der Waals surface area contributed by atoms with E-state index in [-0.39, 0.29) is 0 Å². The molecule has 0 aliphatic heterocycles. The van der Waals surface area contributed by atoms with Crippen molar-refractivity contribution in [1.82, 2.24) is 19.9 Å². The molecule has 20 heavy (non-hydrogen) atoms. The molecular formula is C12H19N7S. The van der Waals surface area contributed by atoms with Crippen LogP contribution >= 0.6 is 11.3 Å². The van der Waals surface area contributed by atoms with E-state index in [4.69, 9.17) is 0 Å². The van der Waals surface area contributed by atoms with Crippen molar-refractivity contribution in [2.45, 2.75) is 20.4 Å². The molecule has 108 valence electrons. The van der Waals surface area contributed by atoms with Gasteiger partial charge < -0.3 is 15.5 Å². The topological polar surface area (TPSA) is 78.9 Å². The Kier molecular flexibility index (Phi) is 5.05. The molecule has 2 aromatic heterocycles. The highest BCUT2D eigenvalue weighted by molar-refractivity contribution is 7.09. The summed E-state index contributed by atoms with van der Waals surface area (Å²) in [5, 5.41) is 6.17. The summed E-state index contributed by atoms with van der Waals surface area (Å²) in [5.74, 6) is 1.81. The van der Waals surface area contributed by atoms with Crippen molar-refractivity contribution in [3.63, 3.8) is 0 Å². The quantitative estimate of drug-likeness (QED) is 0.806. The van der Waals surface area contributed by atoms with Gasteiger partial charge in [-0.2, -0.15) is 15.0 Å². The lowest BCUT2D eigenvalue weighted by Gasteiger charge is -2.19. The van der Waals surface area contributed by atoms with Gasteiger partial charge in [0.2, 0.25) is 17.8 Å². The van der Waals surface area contributed by atoms with Crippen LogP contribution in [0.3, 0.4) is 0 Å². The van der Waals surface area contributed by atoms with E-state index in [0.717, 1.165) is 18.0 Å². The zero-order valence-electron chi connectivity index (χ0n) is 11.9. The van der Waals surface area contributed by atoms with Crippen molar-refractivity contribution in [3.05, 3.63) is 16.6 Å². The van der Waals surface area contributed by atoms with Gasteiger partial charge in [0.1, 0.15) is 0 Å². The molecule has 0 aromatic carbocycles. The second-order valence-electron chi connectivity index (χ2n) is 4.03. The van der Waals surface area contributed by atoms with E-state index in [1.807, 2.05) is 11.7 Å². The molecule has 0 atom stereocenters. The molecule has 2 N–H and O–H groups in total. The third-order valence-electron chi connectivity index (χ3n) is 2.80. The lowest BCUT2D eigenvalue weighted by Crippen LogP contribution is -2.25. The summed E-state index contributed by atoms with van der Waals surface area (Å²) in [6.07, 6.45) is 1.84. The van der Waals surface area contributed by atoms with Crippen LogP contribution in [0.15, 0.2) is 11.7 Å². The molecule has 2 rings (SSSR count). The van der Waals surface area contributed by atoms with Crippen LogP contribution in [-0.2, 0) is 6.54 Å². The van der Waals surface area contributed by atoms with Crippen LogP contribution in [-0.4, -0.2) is 40.1 Å². The third-order valence-corrected chi connectivity index (χ3v) is 3.58. The Hall–Kier alpha value is -1.96. The standard InChI is InChI=1S/C12H19N7S/c1-4-19(5-2)12-17-10(13-3)16-11(18-12)15-7-9-6-14-8-20-9/h6,8H,4-5,7H2,1-3H3,(H2,13,15,16,17,18). The number of thiazole rings is 1. The van der Waals surface area contributed by atoms with Crippen LogP contribution in [0.1, 0.15) is 18.7 Å². The first-order valence-electron chi connectivity index (χ1n) is 6.56. The van der Waals surface area contributed by atoms with E-state index in [2.05, 4.69) is 49.3 Å². The fourth-order valence-electron chi connectivity index (χ4n) is 1.70. The van der Waals surface area contributed by atoms with Gasteiger partial charge in [0, 0.05) is 31.2 Å². The molecule has 2 aromatic rings. The Bertz CT molecular complexity index is 525. The van der Waals surface area contributed by atoms with Crippen LogP contribution in [0.2, 0.25) is 0 Å². The summed E-state index contributed by atoms with van der Waals surface area (Å²) in [6, 6.07) is 0. The molecule has 0 aliphatic rings. The average molecular weight is 293 g/mol. The molecule has 0 fully saturated rings. The maximum Gasteiger partial charge on any atom is 0.231 e. The zero-order valence-corrected chi connectivity index (χ0v) is 12.7. The second kappa shape index (κ2) is 6.99. The van der Waals surface area contributed by atoms with E-state index in [0.29, 0.717) is 24.4 Å². The normalized spacial score (nSPS) is 10.3. The molecule has 8 heteroatoms. The Morgan fingerprint density at radius 3 is 2.50 bits per heavy atom. The van der Waals surface area contributed by atoms with E-state index < -0.39 is 0 Å². The molecule has 0 unspecified atom stereocenters. The number of hydrogen-bond donors (Lipinski definition) is 2. The molecule has 7 nitrogen and oxygen atoms in total. The molecule has 2 heterocycles. The highest BCUT2D eigenvalue weighted by atomic mass is 32.1. The minimum Gasteiger partial charge on any atom is -0.357 e. The lowest BCUT2D eigenvalue weighted by molar-refractivity contribution is 0.813. The first-order chi connectivity index (χ1) is 9.76. The number of nitrogens with one attached hydrogen (secondary N) is 2. The van der Waals surface area contributed by atoms with Crippen LogP contribution in [0.5, 0.6) is 0 Å². The summed E-state index contributed by atoms with van der Waals surface area (Å²) >= 11 is 1.60. The van der Waals surface area contributed by atoms with Crippen molar-refractivity contribution < 1.29 is 0 Å². The van der Waals surface area contributed by atoms with Crippen LogP contribution in [0.4, 0.5) is 17.8 Å². The van der Waals surface area contributed by atoms with E-state index >= 15 is 0 Å². The summed E-state index contributed by atoms with van der Waals surface area (Å²) < 4.78 is 0. The summed E-state index contributed by atoms with van der Waals surface area (Å²) in [5.41, 5.74) is 1.81. The Morgan fingerprint density at radius 2 is 1.90 bits per heavy atom. The Balaban J connectivity index is 2.16. The molecule has 0 spiro atoms. The van der Waals surface area contributed by atoms with Gasteiger partial charge in [-0.3, -0.25) is 4.98 Å². The van der Waals surface area contributed by atoms with Crippen LogP contribution in [0.25, 0.3) is 0 Å². The van der Waals surface area contributed by atoms with E-state index in [1.54, 1.807) is 18.4 Å². The zero-order chi connectivity index (χ0) is 14.4. The first-order valence-corrected chi connectivity index (χ1v) is 7.44. The van der Waals surface area contributed by atoms with Crippen LogP contribution in [0, 0.1) is 0 Å². The summed E-state index contributed by atoms with van der Waals surface area (Å²) in [4.78, 5) is 20.4. The molecule has 0 aliphatic carbocycles. The molecule has 0 radical (unpaired) electrons. The number of hydrogen-bond acceptors (Lipinski definition) is 8. The monoisotopic (exact) mass is 293 g/mol. The highest BCUT2D eigenvalue weighted by Gasteiger charge is 2.10. The highest BCUT2D eigenvalue weighted by Crippen LogP contribution is 2.14. The second-order valence-corrected chi connectivity index (χ2v) is 5.00. The van der Waals surface area contributed by atoms with E-state index in [9.17, 15) is 0 Å². The Labute approximate surface area is 122 Å². The molecule has 0 amide bonds. The number of rotatable bonds is 7. The van der Waals surface area contributed by atoms with Crippen molar-refractivity contribution in [1.29, 1.82) is 0 Å². The lowest BCUT2D eigenvalue weighted by atomic mass is 10.5. The molecular weight excluding hydrogens is 274 g/mol. The Morgan fingerprint density at radius 1 is 1.15 bits per heavy atom. The predicted molar refractivity (Wildman–Crippen MR) is 82.4 cm³/mol. The first kappa shape index (κ1) is 14.4. The van der Waals surface area contributed by atoms with Crippen molar-refractivity contribution in [2.75, 3.05) is 35.7 Å². The maximum atomic E-state index is 4.46. The van der Waals surface area contributed by atoms with Gasteiger partial charge >= 0.3 is 0 Å². The van der Waals surface area contributed by atoms with Gasteiger partial charge in [-0.05, 0) is 13.8 Å². The number of aromatic nitrogens is 4. The predicted octanol–water partition coefficient (Wildman–Crippen LogP) is 1.83. The van der Waals surface area contributed by atoms with Gasteiger partial charge in [-0.15, -0.1) is 11.3 Å². The van der Waals surface area contributed by atoms with Gasteiger partial charge in [0.25, 0.3) is 0 Å². The summed E-state index contributed by atoms with van der Waals surface area (Å²) in [6.45, 7) is 6.54. The molecule has 0 saturated heterocycles. The van der Waals surface area contributed by atoms with Crippen molar-refractivity contribution >= 4 is 29.2 Å². The summed E-state index contributed by atoms with van der Waals surface area (Å²) in [7, 11) is 1.80. The number of nitrogens with zero attached hydrogens (tertiary/aromatic N) is 5. The SMILES string of the molecule is CCN(CC)c1nc(NC)nc(NCc2cncs2)n1. The minimum absolute atomic E-state index is 0.564. The smallest absolute Gasteiger partial charge is 0.231 e. The van der Waals surface area contributed by atoms with Gasteiger partial charge in [0.05, 0.1) is 12.1 Å². The van der Waals surface area contributed by atoms with E-state index in [1.165, 1.54) is 0 Å². The van der Waals surface area contributed by atoms with Gasteiger partial charge in [-0.1, -0.05) is 0 Å². The maximum absolute atomic E-state index is 4.46. The van der Waals surface area contributed by atoms with Gasteiger partial charge in [0.15, 0.2) is 0 Å². The number of anilines is 3. The van der Waals surface area contributed by atoms with Crippen molar-refractivity contribution in [3.8, 4) is 0 Å².